The number of rotatable bonds is 5. The summed E-state index contributed by atoms with van der Waals surface area (Å²) < 4.78 is 0. The second-order valence-electron chi connectivity index (χ2n) is 4.69. The van der Waals surface area contributed by atoms with Crippen LogP contribution in [0.5, 0.6) is 0 Å². The van der Waals surface area contributed by atoms with E-state index in [1.54, 1.807) is 18.8 Å². The quantitative estimate of drug-likeness (QED) is 0.266. The monoisotopic (exact) mass is 278 g/mol. The molecule has 0 saturated carbocycles. The predicted octanol–water partition coefficient (Wildman–Crippen LogP) is 2.28. The molecule has 2 N–H and O–H groups in total. The van der Waals surface area contributed by atoms with Gasteiger partial charge in [0.15, 0.2) is 0 Å². The summed E-state index contributed by atoms with van der Waals surface area (Å²) in [7, 11) is 1.60. The summed E-state index contributed by atoms with van der Waals surface area (Å²) in [5.74, 6) is 1.28. The van der Waals surface area contributed by atoms with E-state index >= 15 is 0 Å². The number of nitrogens with zero attached hydrogens (tertiary/aromatic N) is 1. The van der Waals surface area contributed by atoms with Crippen LogP contribution in [0.3, 0.4) is 0 Å². The lowest BCUT2D eigenvalue weighted by molar-refractivity contribution is -0.124. The van der Waals surface area contributed by atoms with Crippen LogP contribution in [0.4, 0.5) is 0 Å². The molecule has 100 valence electrons. The van der Waals surface area contributed by atoms with Gasteiger partial charge in [0.25, 0.3) is 0 Å². The van der Waals surface area contributed by atoms with Crippen molar-refractivity contribution in [3.63, 3.8) is 0 Å². The minimum Gasteiger partial charge on any atom is -0.410 e. The summed E-state index contributed by atoms with van der Waals surface area (Å²) in [5, 5.41) is 15.5. The molecular formula is C11H22N2O2S2. The van der Waals surface area contributed by atoms with Gasteiger partial charge < -0.3 is 10.5 Å². The van der Waals surface area contributed by atoms with Gasteiger partial charge in [-0.1, -0.05) is 25.9 Å². The Hall–Kier alpha value is -0.360. The zero-order valence-electron chi connectivity index (χ0n) is 11.1. The molecule has 0 bridgehead atoms. The third-order valence-electron chi connectivity index (χ3n) is 2.26. The van der Waals surface area contributed by atoms with Crippen LogP contribution < -0.4 is 5.32 Å². The summed E-state index contributed by atoms with van der Waals surface area (Å²) in [6.07, 6.45) is 2.02. The summed E-state index contributed by atoms with van der Waals surface area (Å²) >= 11 is 3.17. The first kappa shape index (κ1) is 16.6. The minimum atomic E-state index is -0.413. The molecule has 0 aliphatic carbocycles. The van der Waals surface area contributed by atoms with Crippen molar-refractivity contribution in [2.75, 3.05) is 24.8 Å². The molecule has 4 nitrogen and oxygen atoms in total. The van der Waals surface area contributed by atoms with E-state index in [2.05, 4.69) is 10.5 Å². The fourth-order valence-corrected chi connectivity index (χ4v) is 3.31. The third-order valence-corrected chi connectivity index (χ3v) is 4.15. The second kappa shape index (κ2) is 7.87. The second-order valence-corrected chi connectivity index (χ2v) is 6.79. The van der Waals surface area contributed by atoms with Crippen molar-refractivity contribution in [2.45, 2.75) is 20.8 Å². The highest BCUT2D eigenvalue weighted by Gasteiger charge is 2.35. The number of carbonyl (C=O) groups is 1. The van der Waals surface area contributed by atoms with E-state index in [1.807, 2.05) is 27.0 Å². The Bertz CT molecular complexity index is 275. The molecule has 1 amide bonds. The van der Waals surface area contributed by atoms with Crippen molar-refractivity contribution in [2.24, 2.45) is 16.5 Å². The summed E-state index contributed by atoms with van der Waals surface area (Å²) in [4.78, 5) is 11.9. The molecule has 1 unspecified atom stereocenters. The first-order valence-corrected chi connectivity index (χ1v) is 7.81. The fraction of sp³-hybridized carbons (Fsp3) is 0.818. The number of amides is 1. The normalized spacial score (nSPS) is 14.5. The molecule has 17 heavy (non-hydrogen) atoms. The average Bonchev–Trinajstić information content (AvgIpc) is 2.25. The smallest absolute Gasteiger partial charge is 0.230 e. The summed E-state index contributed by atoms with van der Waals surface area (Å²) in [5.41, 5.74) is -0.270. The van der Waals surface area contributed by atoms with E-state index in [1.165, 1.54) is 11.8 Å². The Morgan fingerprint density at radius 2 is 2.00 bits per heavy atom. The highest BCUT2D eigenvalue weighted by Crippen LogP contribution is 2.31. The van der Waals surface area contributed by atoms with Gasteiger partial charge in [0, 0.05) is 18.6 Å². The van der Waals surface area contributed by atoms with E-state index in [9.17, 15) is 4.79 Å². The lowest BCUT2D eigenvalue weighted by atomic mass is 9.81. The maximum atomic E-state index is 11.9. The highest BCUT2D eigenvalue weighted by molar-refractivity contribution is 8.14. The molecule has 0 radical (unpaired) electrons. The average molecular weight is 278 g/mol. The van der Waals surface area contributed by atoms with Crippen LogP contribution in [0.15, 0.2) is 5.16 Å². The van der Waals surface area contributed by atoms with Gasteiger partial charge in [-0.05, 0) is 11.7 Å². The molecule has 0 rings (SSSR count). The molecule has 0 spiro atoms. The molecule has 0 aromatic carbocycles. The van der Waals surface area contributed by atoms with Crippen LogP contribution in [0.25, 0.3) is 0 Å². The van der Waals surface area contributed by atoms with Gasteiger partial charge in [-0.3, -0.25) is 4.79 Å². The molecule has 1 atom stereocenters. The maximum Gasteiger partial charge on any atom is 0.230 e. The van der Waals surface area contributed by atoms with Crippen molar-refractivity contribution >= 4 is 34.5 Å². The highest BCUT2D eigenvalue weighted by atomic mass is 32.2. The van der Waals surface area contributed by atoms with E-state index in [0.29, 0.717) is 5.04 Å². The summed E-state index contributed by atoms with van der Waals surface area (Å²) in [6, 6.07) is 0. The van der Waals surface area contributed by atoms with Crippen LogP contribution in [-0.2, 0) is 4.79 Å². The molecule has 0 fully saturated rings. The van der Waals surface area contributed by atoms with E-state index in [4.69, 9.17) is 5.21 Å². The number of thioether (sulfide) groups is 2. The van der Waals surface area contributed by atoms with Gasteiger partial charge in [0.05, 0.1) is 5.92 Å². The topological polar surface area (TPSA) is 61.7 Å². The van der Waals surface area contributed by atoms with E-state index < -0.39 is 5.92 Å². The van der Waals surface area contributed by atoms with Crippen LogP contribution in [0.2, 0.25) is 0 Å². The zero-order chi connectivity index (χ0) is 13.5. The van der Waals surface area contributed by atoms with Crippen molar-refractivity contribution < 1.29 is 10.0 Å². The van der Waals surface area contributed by atoms with Crippen molar-refractivity contribution in [1.82, 2.24) is 5.32 Å². The van der Waals surface area contributed by atoms with Gasteiger partial charge in [0.2, 0.25) is 5.91 Å². The number of oxime groups is 1. The van der Waals surface area contributed by atoms with Crippen LogP contribution in [0, 0.1) is 11.3 Å². The predicted molar refractivity (Wildman–Crippen MR) is 77.1 cm³/mol. The van der Waals surface area contributed by atoms with Crippen LogP contribution in [0.1, 0.15) is 20.8 Å². The molecule has 6 heteroatoms. The van der Waals surface area contributed by atoms with Gasteiger partial charge in [-0.15, -0.1) is 11.8 Å². The fourth-order valence-electron chi connectivity index (χ4n) is 1.42. The van der Waals surface area contributed by atoms with Crippen LogP contribution >= 0.6 is 23.5 Å². The lowest BCUT2D eigenvalue weighted by Crippen LogP contribution is -2.40. The van der Waals surface area contributed by atoms with Crippen LogP contribution in [-0.4, -0.2) is 41.0 Å². The molecular weight excluding hydrogens is 256 g/mol. The standard InChI is InChI=1S/C11H22N2O2S2/c1-11(2,3)8(9(14)12-4)10(13-15)17-7-6-16-5/h8,15H,6-7H2,1-5H3,(H,12,14). The van der Waals surface area contributed by atoms with Gasteiger partial charge in [0.1, 0.15) is 5.04 Å². The van der Waals surface area contributed by atoms with Crippen molar-refractivity contribution in [3.8, 4) is 0 Å². The molecule has 0 aliphatic rings. The first-order chi connectivity index (χ1) is 7.88. The van der Waals surface area contributed by atoms with E-state index in [0.717, 1.165) is 11.5 Å². The Morgan fingerprint density at radius 3 is 2.35 bits per heavy atom. The maximum absolute atomic E-state index is 11.9. The first-order valence-electron chi connectivity index (χ1n) is 5.43. The Balaban J connectivity index is 4.82. The largest absolute Gasteiger partial charge is 0.410 e. The molecule has 0 aromatic heterocycles. The lowest BCUT2D eigenvalue weighted by Gasteiger charge is -2.29. The van der Waals surface area contributed by atoms with Crippen molar-refractivity contribution in [1.29, 1.82) is 0 Å². The molecule has 0 heterocycles. The molecule has 0 saturated heterocycles. The zero-order valence-corrected chi connectivity index (χ0v) is 12.7. The van der Waals surface area contributed by atoms with Gasteiger partial charge >= 0.3 is 0 Å². The number of nitrogens with one attached hydrogen (secondary N) is 1. The van der Waals surface area contributed by atoms with Crippen molar-refractivity contribution in [3.05, 3.63) is 0 Å². The Morgan fingerprint density at radius 1 is 1.41 bits per heavy atom. The third kappa shape index (κ3) is 5.68. The number of hydrogen-bond donors (Lipinski definition) is 2. The van der Waals surface area contributed by atoms with Gasteiger partial charge in [-0.25, -0.2) is 0 Å². The van der Waals surface area contributed by atoms with E-state index in [-0.39, 0.29) is 11.3 Å². The Kier molecular flexibility index (Phi) is 7.70. The number of carbonyl (C=O) groups excluding carboxylic acids is 1. The molecule has 0 aromatic rings. The SMILES string of the molecule is CNC(=O)C(C(=NO)SCCSC)C(C)(C)C. The summed E-state index contributed by atoms with van der Waals surface area (Å²) in [6.45, 7) is 5.90. The number of hydrogen-bond acceptors (Lipinski definition) is 5. The Labute approximate surface area is 112 Å². The minimum absolute atomic E-state index is 0.109. The van der Waals surface area contributed by atoms with Gasteiger partial charge in [-0.2, -0.15) is 11.8 Å². The molecule has 0 aliphatic heterocycles.